The minimum atomic E-state index is 0.171. The molecule has 9 heteroatoms. The van der Waals surface area contributed by atoms with E-state index in [2.05, 4.69) is 25.0 Å². The summed E-state index contributed by atoms with van der Waals surface area (Å²) >= 11 is 0. The maximum absolute atomic E-state index is 5.77. The highest BCUT2D eigenvalue weighted by Crippen LogP contribution is 2.18. The highest BCUT2D eigenvalue weighted by Gasteiger charge is 2.18. The first-order chi connectivity index (χ1) is 10.2. The Hall–Kier alpha value is -2.29. The predicted octanol–water partition coefficient (Wildman–Crippen LogP) is -0.103. The van der Waals surface area contributed by atoms with Crippen molar-refractivity contribution in [3.8, 4) is 5.95 Å². The quantitative estimate of drug-likeness (QED) is 0.831. The lowest BCUT2D eigenvalue weighted by atomic mass is 10.0. The summed E-state index contributed by atoms with van der Waals surface area (Å²) < 4.78 is 6.84. The molecule has 0 bridgehead atoms. The van der Waals surface area contributed by atoms with Crippen LogP contribution in [0.4, 0.5) is 11.9 Å². The number of rotatable bonds is 4. The number of hydrogen-bond acceptors (Lipinski definition) is 8. The lowest BCUT2D eigenvalue weighted by Gasteiger charge is -2.27. The molecule has 1 aliphatic heterocycles. The molecule has 0 radical (unpaired) electrons. The fraction of sp³-hybridized carbons (Fsp3) is 0.583. The van der Waals surface area contributed by atoms with Gasteiger partial charge in [0.1, 0.15) is 12.7 Å². The van der Waals surface area contributed by atoms with E-state index in [1.807, 2.05) is 11.9 Å². The number of aromatic nitrogens is 6. The molecular weight excluding hydrogens is 272 g/mol. The van der Waals surface area contributed by atoms with Gasteiger partial charge >= 0.3 is 0 Å². The number of hydrogen-bond donors (Lipinski definition) is 1. The molecule has 9 nitrogen and oxygen atoms in total. The van der Waals surface area contributed by atoms with Crippen molar-refractivity contribution in [1.82, 2.24) is 29.7 Å². The van der Waals surface area contributed by atoms with Gasteiger partial charge in [-0.1, -0.05) is 0 Å². The van der Waals surface area contributed by atoms with Crippen LogP contribution in [-0.2, 0) is 4.74 Å². The van der Waals surface area contributed by atoms with Gasteiger partial charge in [0.25, 0.3) is 5.95 Å². The first kappa shape index (κ1) is 13.7. The van der Waals surface area contributed by atoms with Gasteiger partial charge in [0.15, 0.2) is 0 Å². The number of anilines is 2. The van der Waals surface area contributed by atoms with Crippen LogP contribution in [-0.4, -0.2) is 56.5 Å². The van der Waals surface area contributed by atoms with Crippen LogP contribution >= 0.6 is 0 Å². The van der Waals surface area contributed by atoms with E-state index in [1.54, 1.807) is 0 Å². The molecule has 0 unspecified atom stereocenters. The number of ether oxygens (including phenoxy) is 1. The normalized spacial score (nSPS) is 16.0. The lowest BCUT2D eigenvalue weighted by Crippen LogP contribution is -2.31. The molecule has 0 saturated carbocycles. The van der Waals surface area contributed by atoms with Crippen LogP contribution in [0.2, 0.25) is 0 Å². The van der Waals surface area contributed by atoms with Crippen molar-refractivity contribution in [3.05, 3.63) is 12.7 Å². The molecule has 21 heavy (non-hydrogen) atoms. The van der Waals surface area contributed by atoms with Crippen LogP contribution in [0.3, 0.4) is 0 Å². The van der Waals surface area contributed by atoms with Crippen molar-refractivity contribution in [2.75, 3.05) is 37.4 Å². The summed E-state index contributed by atoms with van der Waals surface area (Å²) in [7, 11) is 1.95. The second kappa shape index (κ2) is 6.00. The minimum absolute atomic E-state index is 0.171. The first-order valence-electron chi connectivity index (χ1n) is 6.88. The van der Waals surface area contributed by atoms with E-state index in [1.165, 1.54) is 17.3 Å². The van der Waals surface area contributed by atoms with Gasteiger partial charge < -0.3 is 15.4 Å². The lowest BCUT2D eigenvalue weighted by molar-refractivity contribution is 0.0684. The topological polar surface area (TPSA) is 108 Å². The second-order valence-electron chi connectivity index (χ2n) is 5.07. The molecule has 1 saturated heterocycles. The molecule has 2 N–H and O–H groups in total. The zero-order valence-electron chi connectivity index (χ0n) is 11.9. The average molecular weight is 290 g/mol. The second-order valence-corrected chi connectivity index (χ2v) is 5.07. The molecule has 0 spiro atoms. The Morgan fingerprint density at radius 2 is 2.14 bits per heavy atom. The minimum Gasteiger partial charge on any atom is -0.381 e. The molecule has 1 fully saturated rings. The summed E-state index contributed by atoms with van der Waals surface area (Å²) in [6, 6.07) is 0. The van der Waals surface area contributed by atoms with Crippen LogP contribution in [0.25, 0.3) is 5.95 Å². The third-order valence-corrected chi connectivity index (χ3v) is 3.47. The van der Waals surface area contributed by atoms with Gasteiger partial charge in [-0.2, -0.15) is 24.7 Å². The first-order valence-corrected chi connectivity index (χ1v) is 6.88. The Morgan fingerprint density at radius 3 is 2.86 bits per heavy atom. The van der Waals surface area contributed by atoms with Crippen LogP contribution in [0.1, 0.15) is 12.8 Å². The van der Waals surface area contributed by atoms with Crippen LogP contribution in [0.5, 0.6) is 0 Å². The van der Waals surface area contributed by atoms with Gasteiger partial charge in [-0.3, -0.25) is 0 Å². The molecule has 0 aliphatic carbocycles. The SMILES string of the molecule is CN(CC1CCOCC1)c1nc(N)nc(-n2cncn2)n1. The Kier molecular flexibility index (Phi) is 3.91. The maximum atomic E-state index is 5.77. The third kappa shape index (κ3) is 3.24. The highest BCUT2D eigenvalue weighted by atomic mass is 16.5. The monoisotopic (exact) mass is 290 g/mol. The highest BCUT2D eigenvalue weighted by molar-refractivity contribution is 5.36. The van der Waals surface area contributed by atoms with Crippen LogP contribution in [0.15, 0.2) is 12.7 Å². The summed E-state index contributed by atoms with van der Waals surface area (Å²) in [6.07, 6.45) is 5.06. The van der Waals surface area contributed by atoms with Crippen molar-refractivity contribution in [2.24, 2.45) is 5.92 Å². The Labute approximate surface area is 122 Å². The zero-order valence-corrected chi connectivity index (χ0v) is 11.9. The van der Waals surface area contributed by atoms with Gasteiger partial charge in [-0.05, 0) is 18.8 Å². The fourth-order valence-electron chi connectivity index (χ4n) is 2.35. The molecule has 3 rings (SSSR count). The van der Waals surface area contributed by atoms with Gasteiger partial charge in [-0.15, -0.1) is 0 Å². The molecule has 1 aliphatic rings. The summed E-state index contributed by atoms with van der Waals surface area (Å²) in [5, 5.41) is 4.01. The van der Waals surface area contributed by atoms with E-state index < -0.39 is 0 Å². The standard InChI is InChI=1S/C12H18N8O/c1-19(6-9-2-4-21-5-3-9)11-16-10(13)17-12(18-11)20-8-14-7-15-20/h7-9H,2-6H2,1H3,(H2,13,16,17,18). The molecule has 0 amide bonds. The van der Waals surface area contributed by atoms with Crippen molar-refractivity contribution in [2.45, 2.75) is 12.8 Å². The number of nitrogen functional groups attached to an aromatic ring is 1. The fourth-order valence-corrected chi connectivity index (χ4v) is 2.35. The van der Waals surface area contributed by atoms with Crippen molar-refractivity contribution in [1.29, 1.82) is 0 Å². The smallest absolute Gasteiger partial charge is 0.258 e. The van der Waals surface area contributed by atoms with Gasteiger partial charge in [0.05, 0.1) is 0 Å². The molecule has 2 aromatic heterocycles. The van der Waals surface area contributed by atoms with Gasteiger partial charge in [0.2, 0.25) is 11.9 Å². The van der Waals surface area contributed by atoms with Gasteiger partial charge in [-0.25, -0.2) is 4.98 Å². The molecule has 0 aromatic carbocycles. The Balaban J connectivity index is 1.77. The van der Waals surface area contributed by atoms with Gasteiger partial charge in [0, 0.05) is 26.8 Å². The molecule has 2 aromatic rings. The maximum Gasteiger partial charge on any atom is 0.258 e. The van der Waals surface area contributed by atoms with Crippen LogP contribution in [0, 0.1) is 5.92 Å². The van der Waals surface area contributed by atoms with E-state index in [0.29, 0.717) is 17.8 Å². The van der Waals surface area contributed by atoms with Crippen molar-refractivity contribution in [3.63, 3.8) is 0 Å². The average Bonchev–Trinajstić information content (AvgIpc) is 3.02. The molecule has 112 valence electrons. The van der Waals surface area contributed by atoms with E-state index in [4.69, 9.17) is 10.5 Å². The third-order valence-electron chi connectivity index (χ3n) is 3.47. The summed E-state index contributed by atoms with van der Waals surface area (Å²) in [4.78, 5) is 18.5. The zero-order chi connectivity index (χ0) is 14.7. The van der Waals surface area contributed by atoms with E-state index >= 15 is 0 Å². The predicted molar refractivity (Wildman–Crippen MR) is 76.0 cm³/mol. The Bertz CT molecular complexity index is 581. The molecule has 0 atom stereocenters. The number of nitrogens with zero attached hydrogens (tertiary/aromatic N) is 7. The van der Waals surface area contributed by atoms with Crippen LogP contribution < -0.4 is 10.6 Å². The summed E-state index contributed by atoms with van der Waals surface area (Å²) in [6.45, 7) is 2.51. The molecular formula is C12H18N8O. The van der Waals surface area contributed by atoms with E-state index in [9.17, 15) is 0 Å². The van der Waals surface area contributed by atoms with Crippen molar-refractivity contribution >= 4 is 11.9 Å². The largest absolute Gasteiger partial charge is 0.381 e. The van der Waals surface area contributed by atoms with E-state index in [0.717, 1.165) is 32.6 Å². The summed E-state index contributed by atoms with van der Waals surface area (Å²) in [5.41, 5.74) is 5.77. The summed E-state index contributed by atoms with van der Waals surface area (Å²) in [5.74, 6) is 1.66. The molecule has 3 heterocycles. The van der Waals surface area contributed by atoms with Crippen molar-refractivity contribution < 1.29 is 4.74 Å². The van der Waals surface area contributed by atoms with E-state index in [-0.39, 0.29) is 5.95 Å². The number of nitrogens with two attached hydrogens (primary N) is 1. The Morgan fingerprint density at radius 1 is 1.33 bits per heavy atom.